The van der Waals surface area contributed by atoms with Crippen LogP contribution in [0.25, 0.3) is 0 Å². The first kappa shape index (κ1) is 7.60. The van der Waals surface area contributed by atoms with Crippen LogP contribution in [0.2, 0.25) is 0 Å². The van der Waals surface area contributed by atoms with E-state index in [0.717, 1.165) is 0 Å². The zero-order valence-electron chi connectivity index (χ0n) is 5.78. The van der Waals surface area contributed by atoms with Crippen molar-refractivity contribution in [3.05, 3.63) is 0 Å². The van der Waals surface area contributed by atoms with Crippen LogP contribution in [-0.4, -0.2) is 31.0 Å². The zero-order chi connectivity index (χ0) is 7.72. The minimum atomic E-state index is -0.916. The predicted octanol–water partition coefficient (Wildman–Crippen LogP) is -0.00940. The molecule has 1 aliphatic heterocycles. The number of rotatable bonds is 1. The van der Waals surface area contributed by atoms with Gasteiger partial charge in [0.15, 0.2) is 6.10 Å². The van der Waals surface area contributed by atoms with Crippen LogP contribution in [0.4, 0.5) is 0 Å². The molecule has 1 saturated heterocycles. The van der Waals surface area contributed by atoms with E-state index in [2.05, 4.69) is 0 Å². The molecule has 1 aliphatic rings. The Labute approximate surface area is 60.8 Å². The molecule has 0 aromatic carbocycles. The van der Waals surface area contributed by atoms with Crippen molar-refractivity contribution in [2.24, 2.45) is 5.92 Å². The average Bonchev–Trinajstić information content (AvgIpc) is 2.10. The normalized spacial score (nSPS) is 39.9. The summed E-state index contributed by atoms with van der Waals surface area (Å²) in [5, 5.41) is 8.52. The van der Waals surface area contributed by atoms with Crippen molar-refractivity contribution in [3.63, 3.8) is 0 Å². The van der Waals surface area contributed by atoms with E-state index < -0.39 is 18.1 Å². The summed E-state index contributed by atoms with van der Waals surface area (Å²) in [5.74, 6) is -0.882. The number of aliphatic carboxylic acids is 1. The van der Waals surface area contributed by atoms with Crippen LogP contribution < -0.4 is 0 Å². The second kappa shape index (κ2) is 2.62. The van der Waals surface area contributed by atoms with E-state index in [4.69, 9.17) is 17.7 Å². The summed E-state index contributed by atoms with van der Waals surface area (Å²) in [6.07, 6.45) is -0.0632. The maximum absolute atomic E-state index is 10.4. The molecule has 4 heteroatoms. The van der Waals surface area contributed by atoms with Crippen molar-refractivity contribution in [2.75, 3.05) is 0 Å². The average molecular weight is 140 g/mol. The van der Waals surface area contributed by atoms with E-state index in [9.17, 15) is 4.79 Å². The van der Waals surface area contributed by atoms with Gasteiger partial charge in [-0.2, -0.15) is 0 Å². The molecule has 0 unspecified atom stereocenters. The molecule has 54 valence electrons. The maximum Gasteiger partial charge on any atom is 0.333 e. The molecule has 0 amide bonds. The molecule has 0 aromatic heterocycles. The highest BCUT2D eigenvalue weighted by molar-refractivity contribution is 6.11. The summed E-state index contributed by atoms with van der Waals surface area (Å²) in [6.45, 7) is 1.83. The number of hydrogen-bond donors (Lipinski definition) is 1. The van der Waals surface area contributed by atoms with E-state index in [0.29, 0.717) is 6.42 Å². The number of carbonyl (C=O) groups is 1. The molecule has 3 nitrogen and oxygen atoms in total. The summed E-state index contributed by atoms with van der Waals surface area (Å²) in [4.78, 5) is 10.4. The lowest BCUT2D eigenvalue weighted by molar-refractivity contribution is -0.149. The quantitative estimate of drug-likeness (QED) is 0.521. The van der Waals surface area contributed by atoms with Gasteiger partial charge in [0.05, 0.1) is 0 Å². The van der Waals surface area contributed by atoms with Gasteiger partial charge in [-0.3, -0.25) is 0 Å². The number of carboxylic acids is 1. The monoisotopic (exact) mass is 140 g/mol. The van der Waals surface area contributed by atoms with Gasteiger partial charge in [-0.25, -0.2) is 4.79 Å². The number of ether oxygens (including phenoxy) is 1. The third-order valence-electron chi connectivity index (χ3n) is 1.69. The molecule has 1 heterocycles. The zero-order valence-corrected chi connectivity index (χ0v) is 5.78. The fourth-order valence-corrected chi connectivity index (χ4v) is 1.17. The van der Waals surface area contributed by atoms with Crippen LogP contribution >= 0.6 is 0 Å². The molecule has 0 aliphatic carbocycles. The fraction of sp³-hybridized carbons (Fsp3) is 0.833. The van der Waals surface area contributed by atoms with E-state index in [1.54, 1.807) is 0 Å². The van der Waals surface area contributed by atoms with Crippen molar-refractivity contribution < 1.29 is 14.6 Å². The van der Waals surface area contributed by atoms with Gasteiger partial charge >= 0.3 is 5.97 Å². The molecule has 10 heavy (non-hydrogen) atoms. The van der Waals surface area contributed by atoms with Crippen molar-refractivity contribution in [1.29, 1.82) is 0 Å². The molecule has 0 saturated carbocycles. The Bertz CT molecular complexity index is 148. The number of carboxylic acid groups (broad SMARTS) is 1. The second-order valence-electron chi connectivity index (χ2n) is 2.65. The van der Waals surface area contributed by atoms with Gasteiger partial charge in [0.2, 0.25) is 0 Å². The van der Waals surface area contributed by atoms with Crippen LogP contribution in [0.1, 0.15) is 13.3 Å². The third kappa shape index (κ3) is 1.32. The molecule has 1 N–H and O–H groups in total. The van der Waals surface area contributed by atoms with Gasteiger partial charge in [0.1, 0.15) is 7.85 Å². The molecular formula is C6H9BO3. The van der Waals surface area contributed by atoms with Gasteiger partial charge in [0.25, 0.3) is 0 Å². The minimum absolute atomic E-state index is 0.0347. The van der Waals surface area contributed by atoms with E-state index in [1.807, 2.05) is 6.92 Å². The molecule has 0 spiro atoms. The van der Waals surface area contributed by atoms with Crippen LogP contribution in [0.3, 0.4) is 0 Å². The standard InChI is InChI=1S/C6H9BO3/c1-3-2-4(7)10-5(3)6(8)9/h3-5H,2H2,1H3,(H,8,9)/t3-,4-,5+/m1/s1. The Morgan fingerprint density at radius 1 is 1.80 bits per heavy atom. The molecule has 2 radical (unpaired) electrons. The van der Waals surface area contributed by atoms with E-state index >= 15 is 0 Å². The summed E-state index contributed by atoms with van der Waals surface area (Å²) < 4.78 is 4.91. The van der Waals surface area contributed by atoms with Crippen molar-refractivity contribution in [3.8, 4) is 0 Å². The van der Waals surface area contributed by atoms with Crippen molar-refractivity contribution in [2.45, 2.75) is 25.5 Å². The van der Waals surface area contributed by atoms with Gasteiger partial charge < -0.3 is 9.84 Å². The molecular weight excluding hydrogens is 131 g/mol. The first-order valence-electron chi connectivity index (χ1n) is 3.25. The summed E-state index contributed by atoms with van der Waals surface area (Å²) in [7, 11) is 5.37. The highest BCUT2D eigenvalue weighted by atomic mass is 16.5. The highest BCUT2D eigenvalue weighted by Gasteiger charge is 2.34. The molecule has 0 aromatic rings. The molecule has 1 fully saturated rings. The molecule has 3 atom stereocenters. The number of hydrogen-bond acceptors (Lipinski definition) is 2. The Kier molecular flexibility index (Phi) is 1.99. The van der Waals surface area contributed by atoms with Crippen molar-refractivity contribution >= 4 is 13.8 Å². The topological polar surface area (TPSA) is 46.5 Å². The van der Waals surface area contributed by atoms with Gasteiger partial charge in [0, 0.05) is 6.00 Å². The fourth-order valence-electron chi connectivity index (χ4n) is 1.17. The third-order valence-corrected chi connectivity index (χ3v) is 1.69. The highest BCUT2D eigenvalue weighted by Crippen LogP contribution is 2.24. The molecule has 0 bridgehead atoms. The van der Waals surface area contributed by atoms with E-state index in [1.165, 1.54) is 0 Å². The van der Waals surface area contributed by atoms with Crippen LogP contribution in [0.5, 0.6) is 0 Å². The predicted molar refractivity (Wildman–Crippen MR) is 35.8 cm³/mol. The van der Waals surface area contributed by atoms with Gasteiger partial charge in [-0.1, -0.05) is 6.92 Å². The first-order valence-corrected chi connectivity index (χ1v) is 3.25. The van der Waals surface area contributed by atoms with Gasteiger partial charge in [-0.15, -0.1) is 0 Å². The van der Waals surface area contributed by atoms with Crippen molar-refractivity contribution in [1.82, 2.24) is 0 Å². The van der Waals surface area contributed by atoms with Gasteiger partial charge in [-0.05, 0) is 12.3 Å². The first-order chi connectivity index (χ1) is 4.61. The Morgan fingerprint density at radius 3 is 2.60 bits per heavy atom. The smallest absolute Gasteiger partial charge is 0.333 e. The Hall–Kier alpha value is -0.505. The minimum Gasteiger partial charge on any atom is -0.479 e. The summed E-state index contributed by atoms with van der Waals surface area (Å²) >= 11 is 0. The SMILES string of the molecule is [B][C@H]1C[C@@H](C)[C@@H](C(=O)O)O1. The van der Waals surface area contributed by atoms with E-state index in [-0.39, 0.29) is 5.92 Å². The summed E-state index contributed by atoms with van der Waals surface area (Å²) in [6, 6.07) is -0.393. The van der Waals surface area contributed by atoms with Crippen LogP contribution in [0, 0.1) is 5.92 Å². The second-order valence-corrected chi connectivity index (χ2v) is 2.65. The Balaban J connectivity index is 2.54. The molecule has 1 rings (SSSR count). The summed E-state index contributed by atoms with van der Waals surface area (Å²) in [5.41, 5.74) is 0. The lowest BCUT2D eigenvalue weighted by Crippen LogP contribution is -2.25. The maximum atomic E-state index is 10.4. The largest absolute Gasteiger partial charge is 0.479 e. The van der Waals surface area contributed by atoms with Crippen LogP contribution in [0.15, 0.2) is 0 Å². The lowest BCUT2D eigenvalue weighted by atomic mass is 9.92. The van der Waals surface area contributed by atoms with Crippen LogP contribution in [-0.2, 0) is 9.53 Å². The lowest BCUT2D eigenvalue weighted by Gasteiger charge is -2.07. The Morgan fingerprint density at radius 2 is 2.40 bits per heavy atom.